The third kappa shape index (κ3) is 6.09. The SMILES string of the molecule is Cc1ccccc1C1CCC(OCC2CN(c3ccccn3)CC[C@@H]2NS(C)(=O)=O)CC1. The van der Waals surface area contributed by atoms with Crippen LogP contribution in [0.2, 0.25) is 0 Å². The number of ether oxygens (including phenoxy) is 1. The molecule has 1 aromatic carbocycles. The van der Waals surface area contributed by atoms with E-state index in [0.717, 1.165) is 51.0 Å². The van der Waals surface area contributed by atoms with E-state index in [1.165, 1.54) is 17.4 Å². The van der Waals surface area contributed by atoms with E-state index >= 15 is 0 Å². The summed E-state index contributed by atoms with van der Waals surface area (Å²) >= 11 is 0. The highest BCUT2D eigenvalue weighted by Crippen LogP contribution is 2.36. The second-order valence-corrected chi connectivity index (χ2v) is 11.1. The molecule has 2 fully saturated rings. The molecule has 32 heavy (non-hydrogen) atoms. The van der Waals surface area contributed by atoms with Gasteiger partial charge in [0.1, 0.15) is 5.82 Å². The highest BCUT2D eigenvalue weighted by molar-refractivity contribution is 7.88. The molecule has 1 aliphatic heterocycles. The zero-order valence-electron chi connectivity index (χ0n) is 19.1. The molecule has 0 amide bonds. The molecule has 1 N–H and O–H groups in total. The topological polar surface area (TPSA) is 71.5 Å². The average molecular weight is 458 g/mol. The summed E-state index contributed by atoms with van der Waals surface area (Å²) < 4.78 is 33.1. The molecule has 174 valence electrons. The molecular formula is C25H35N3O3S. The van der Waals surface area contributed by atoms with Gasteiger partial charge in [-0.3, -0.25) is 0 Å². The number of hydrogen-bond acceptors (Lipinski definition) is 5. The van der Waals surface area contributed by atoms with Crippen molar-refractivity contribution in [2.24, 2.45) is 5.92 Å². The summed E-state index contributed by atoms with van der Waals surface area (Å²) in [6.45, 7) is 4.28. The van der Waals surface area contributed by atoms with Gasteiger partial charge in [0.25, 0.3) is 0 Å². The predicted octanol–water partition coefficient (Wildman–Crippen LogP) is 3.88. The minimum Gasteiger partial charge on any atom is -0.378 e. The molecule has 1 saturated carbocycles. The van der Waals surface area contributed by atoms with Crippen LogP contribution in [0.5, 0.6) is 0 Å². The maximum absolute atomic E-state index is 11.9. The number of aromatic nitrogens is 1. The lowest BCUT2D eigenvalue weighted by atomic mass is 9.81. The molecule has 0 bridgehead atoms. The van der Waals surface area contributed by atoms with Crippen molar-refractivity contribution >= 4 is 15.8 Å². The Morgan fingerprint density at radius 2 is 1.81 bits per heavy atom. The highest BCUT2D eigenvalue weighted by atomic mass is 32.2. The smallest absolute Gasteiger partial charge is 0.208 e. The quantitative estimate of drug-likeness (QED) is 0.683. The zero-order valence-corrected chi connectivity index (χ0v) is 19.9. The molecule has 7 heteroatoms. The Labute approximate surface area is 192 Å². The summed E-state index contributed by atoms with van der Waals surface area (Å²) in [6, 6.07) is 14.5. The Kier molecular flexibility index (Phi) is 7.48. The molecule has 2 heterocycles. The molecule has 2 atom stereocenters. The van der Waals surface area contributed by atoms with Crippen LogP contribution in [0.3, 0.4) is 0 Å². The molecule has 2 aromatic rings. The monoisotopic (exact) mass is 457 g/mol. The van der Waals surface area contributed by atoms with Gasteiger partial charge >= 0.3 is 0 Å². The Morgan fingerprint density at radius 1 is 1.06 bits per heavy atom. The van der Waals surface area contributed by atoms with E-state index in [1.54, 1.807) is 6.20 Å². The molecule has 0 radical (unpaired) electrons. The van der Waals surface area contributed by atoms with Gasteiger partial charge in [0.15, 0.2) is 0 Å². The van der Waals surface area contributed by atoms with Crippen molar-refractivity contribution < 1.29 is 13.2 Å². The van der Waals surface area contributed by atoms with Crippen LogP contribution in [-0.2, 0) is 14.8 Å². The number of piperidine rings is 1. The van der Waals surface area contributed by atoms with Crippen LogP contribution in [-0.4, -0.2) is 51.5 Å². The van der Waals surface area contributed by atoms with Crippen LogP contribution in [0.4, 0.5) is 5.82 Å². The summed E-state index contributed by atoms with van der Waals surface area (Å²) in [4.78, 5) is 6.72. The molecule has 6 nitrogen and oxygen atoms in total. The van der Waals surface area contributed by atoms with Crippen LogP contribution in [0.1, 0.15) is 49.1 Å². The summed E-state index contributed by atoms with van der Waals surface area (Å²) in [5.41, 5.74) is 2.85. The van der Waals surface area contributed by atoms with Gasteiger partial charge in [-0.25, -0.2) is 18.1 Å². The van der Waals surface area contributed by atoms with Crippen molar-refractivity contribution in [2.75, 3.05) is 30.9 Å². The first-order valence-electron chi connectivity index (χ1n) is 11.7. The standard InChI is InChI=1S/C25H35N3O3S/c1-19-7-3-4-8-23(19)20-10-12-22(13-11-20)31-18-21-17-28(25-9-5-6-15-26-25)16-14-24(21)27-32(2,29)30/h3-9,15,20-22,24,27H,10-14,16-18H2,1-2H3/t20?,21?,22?,24-/m0/s1. The first-order chi connectivity index (χ1) is 15.4. The van der Waals surface area contributed by atoms with Gasteiger partial charge in [0, 0.05) is 31.2 Å². The van der Waals surface area contributed by atoms with Gasteiger partial charge in [-0.1, -0.05) is 30.3 Å². The van der Waals surface area contributed by atoms with Crippen molar-refractivity contribution in [2.45, 2.75) is 57.1 Å². The van der Waals surface area contributed by atoms with Gasteiger partial charge in [-0.05, 0) is 68.2 Å². The Bertz CT molecular complexity index is 975. The number of anilines is 1. The Balaban J connectivity index is 1.35. The fourth-order valence-electron chi connectivity index (χ4n) is 5.23. The molecule has 2 aliphatic rings. The van der Waals surface area contributed by atoms with Crippen molar-refractivity contribution in [3.05, 3.63) is 59.8 Å². The molecule has 1 unspecified atom stereocenters. The van der Waals surface area contributed by atoms with Gasteiger partial charge in [-0.2, -0.15) is 0 Å². The van der Waals surface area contributed by atoms with Gasteiger partial charge < -0.3 is 9.64 Å². The average Bonchev–Trinajstić information content (AvgIpc) is 2.79. The van der Waals surface area contributed by atoms with Crippen LogP contribution in [0.15, 0.2) is 48.7 Å². The van der Waals surface area contributed by atoms with E-state index in [4.69, 9.17) is 4.74 Å². The summed E-state index contributed by atoms with van der Waals surface area (Å²) in [5, 5.41) is 0. The van der Waals surface area contributed by atoms with Gasteiger partial charge in [0.05, 0.1) is 19.0 Å². The lowest BCUT2D eigenvalue weighted by molar-refractivity contribution is -0.00216. The van der Waals surface area contributed by atoms with E-state index in [1.807, 2.05) is 18.2 Å². The minimum absolute atomic E-state index is 0.0922. The van der Waals surface area contributed by atoms with Gasteiger partial charge in [-0.15, -0.1) is 0 Å². The molecule has 1 saturated heterocycles. The Hall–Kier alpha value is -1.96. The van der Waals surface area contributed by atoms with Crippen molar-refractivity contribution in [1.29, 1.82) is 0 Å². The molecule has 0 spiro atoms. The highest BCUT2D eigenvalue weighted by Gasteiger charge is 2.33. The normalized spacial score (nSPS) is 26.8. The van der Waals surface area contributed by atoms with Crippen LogP contribution in [0.25, 0.3) is 0 Å². The van der Waals surface area contributed by atoms with Crippen LogP contribution in [0, 0.1) is 12.8 Å². The van der Waals surface area contributed by atoms with Crippen molar-refractivity contribution in [1.82, 2.24) is 9.71 Å². The fraction of sp³-hybridized carbons (Fsp3) is 0.560. The predicted molar refractivity (Wildman–Crippen MR) is 128 cm³/mol. The van der Waals surface area contributed by atoms with Gasteiger partial charge in [0.2, 0.25) is 10.0 Å². The number of rotatable bonds is 7. The number of sulfonamides is 1. The van der Waals surface area contributed by atoms with Crippen LogP contribution >= 0.6 is 0 Å². The van der Waals surface area contributed by atoms with E-state index in [-0.39, 0.29) is 18.1 Å². The molecule has 1 aliphatic carbocycles. The van der Waals surface area contributed by atoms with Crippen molar-refractivity contribution in [3.8, 4) is 0 Å². The lowest BCUT2D eigenvalue weighted by Crippen LogP contribution is -2.52. The largest absolute Gasteiger partial charge is 0.378 e. The van der Waals surface area contributed by atoms with E-state index in [2.05, 4.69) is 45.8 Å². The summed E-state index contributed by atoms with van der Waals surface area (Å²) in [5.74, 6) is 1.65. The molecular weight excluding hydrogens is 422 g/mol. The second-order valence-electron chi connectivity index (χ2n) is 9.34. The summed E-state index contributed by atoms with van der Waals surface area (Å²) in [7, 11) is -3.26. The third-order valence-corrected chi connectivity index (χ3v) is 7.65. The first kappa shape index (κ1) is 23.2. The number of nitrogens with zero attached hydrogens (tertiary/aromatic N) is 2. The number of hydrogen-bond donors (Lipinski definition) is 1. The summed E-state index contributed by atoms with van der Waals surface area (Å²) in [6.07, 6.45) is 8.44. The van der Waals surface area contributed by atoms with Crippen molar-refractivity contribution in [3.63, 3.8) is 0 Å². The maximum atomic E-state index is 11.9. The number of nitrogens with one attached hydrogen (secondary N) is 1. The number of aryl methyl sites for hydroxylation is 1. The fourth-order valence-corrected chi connectivity index (χ4v) is 6.09. The second kappa shape index (κ2) is 10.3. The Morgan fingerprint density at radius 3 is 2.50 bits per heavy atom. The zero-order chi connectivity index (χ0) is 22.6. The molecule has 4 rings (SSSR count). The number of benzene rings is 1. The first-order valence-corrected chi connectivity index (χ1v) is 13.6. The minimum atomic E-state index is -3.26. The van der Waals surface area contributed by atoms with E-state index < -0.39 is 10.0 Å². The maximum Gasteiger partial charge on any atom is 0.208 e. The van der Waals surface area contributed by atoms with E-state index in [0.29, 0.717) is 12.5 Å². The van der Waals surface area contributed by atoms with Crippen LogP contribution < -0.4 is 9.62 Å². The lowest BCUT2D eigenvalue weighted by Gasteiger charge is -2.40. The number of pyridine rings is 1. The third-order valence-electron chi connectivity index (χ3n) is 6.92. The van der Waals surface area contributed by atoms with E-state index in [9.17, 15) is 8.42 Å². The molecule has 1 aromatic heterocycles.